The predicted octanol–water partition coefficient (Wildman–Crippen LogP) is 3.96. The Labute approximate surface area is 150 Å². The molecule has 2 unspecified atom stereocenters. The number of carbonyl (C=O) groups is 1. The molecule has 1 N–H and O–H groups in total. The van der Waals surface area contributed by atoms with Gasteiger partial charge in [0.1, 0.15) is 0 Å². The van der Waals surface area contributed by atoms with Crippen LogP contribution in [0.3, 0.4) is 0 Å². The first-order chi connectivity index (χ1) is 11.4. The number of hydrogen-bond acceptors (Lipinski definition) is 3. The van der Waals surface area contributed by atoms with Gasteiger partial charge in [0.25, 0.3) is 0 Å². The fraction of sp³-hybridized carbons (Fsp3) is 0.737. The van der Waals surface area contributed by atoms with E-state index in [9.17, 15) is 4.79 Å². The SMILES string of the molecule is CN1CCN(C(=O)NCC2CCCC(C)(C)C2)CC1c1cccs1. The molecule has 2 amide bonds. The maximum absolute atomic E-state index is 12.6. The first-order valence-corrected chi connectivity index (χ1v) is 10.1. The molecule has 0 aromatic carbocycles. The van der Waals surface area contributed by atoms with Gasteiger partial charge in [-0.1, -0.05) is 26.3 Å². The molecule has 5 heteroatoms. The molecule has 4 nitrogen and oxygen atoms in total. The third kappa shape index (κ3) is 4.31. The second kappa shape index (κ2) is 7.44. The molecule has 134 valence electrons. The van der Waals surface area contributed by atoms with Crippen molar-refractivity contribution >= 4 is 17.4 Å². The Bertz CT molecular complexity index is 543. The number of hydrogen-bond donors (Lipinski definition) is 1. The first kappa shape index (κ1) is 17.7. The van der Waals surface area contributed by atoms with Gasteiger partial charge < -0.3 is 10.2 Å². The van der Waals surface area contributed by atoms with E-state index in [4.69, 9.17) is 0 Å². The smallest absolute Gasteiger partial charge is 0.317 e. The summed E-state index contributed by atoms with van der Waals surface area (Å²) in [5.74, 6) is 0.637. The van der Waals surface area contributed by atoms with Crippen molar-refractivity contribution < 1.29 is 4.79 Å². The largest absolute Gasteiger partial charge is 0.338 e. The van der Waals surface area contributed by atoms with Gasteiger partial charge in [-0.3, -0.25) is 4.90 Å². The summed E-state index contributed by atoms with van der Waals surface area (Å²) in [6, 6.07) is 4.72. The molecule has 0 bridgehead atoms. The summed E-state index contributed by atoms with van der Waals surface area (Å²) in [5, 5.41) is 5.33. The number of carbonyl (C=O) groups excluding carboxylic acids is 1. The molecule has 1 aliphatic carbocycles. The number of thiophene rings is 1. The van der Waals surface area contributed by atoms with E-state index in [0.29, 0.717) is 17.4 Å². The van der Waals surface area contributed by atoms with Crippen LogP contribution in [0.1, 0.15) is 50.4 Å². The highest BCUT2D eigenvalue weighted by molar-refractivity contribution is 7.10. The molecule has 1 aliphatic heterocycles. The van der Waals surface area contributed by atoms with Crippen molar-refractivity contribution in [2.24, 2.45) is 11.3 Å². The maximum atomic E-state index is 12.6. The van der Waals surface area contributed by atoms with Gasteiger partial charge in [-0.15, -0.1) is 11.3 Å². The molecule has 2 fully saturated rings. The second-order valence-electron chi connectivity index (χ2n) is 8.27. The van der Waals surface area contributed by atoms with Gasteiger partial charge in [-0.05, 0) is 49.1 Å². The van der Waals surface area contributed by atoms with E-state index < -0.39 is 0 Å². The van der Waals surface area contributed by atoms with E-state index >= 15 is 0 Å². The highest BCUT2D eigenvalue weighted by Gasteiger charge is 2.31. The third-order valence-electron chi connectivity index (χ3n) is 5.66. The summed E-state index contributed by atoms with van der Waals surface area (Å²) in [5.41, 5.74) is 0.436. The molecule has 1 saturated heterocycles. The van der Waals surface area contributed by atoms with Crippen molar-refractivity contribution in [1.29, 1.82) is 0 Å². The van der Waals surface area contributed by atoms with Crippen LogP contribution in [0, 0.1) is 11.3 Å². The molecule has 0 radical (unpaired) electrons. The van der Waals surface area contributed by atoms with Crippen LogP contribution in [0.25, 0.3) is 0 Å². The van der Waals surface area contributed by atoms with Crippen molar-refractivity contribution in [2.75, 3.05) is 33.2 Å². The summed E-state index contributed by atoms with van der Waals surface area (Å²) < 4.78 is 0. The fourth-order valence-electron chi connectivity index (χ4n) is 4.22. The predicted molar refractivity (Wildman–Crippen MR) is 100 cm³/mol. The Morgan fingerprint density at radius 3 is 2.96 bits per heavy atom. The molecule has 1 aromatic heterocycles. The van der Waals surface area contributed by atoms with Crippen molar-refractivity contribution in [3.8, 4) is 0 Å². The van der Waals surface area contributed by atoms with Crippen LogP contribution < -0.4 is 5.32 Å². The van der Waals surface area contributed by atoms with Crippen LogP contribution in [0.5, 0.6) is 0 Å². The summed E-state index contributed by atoms with van der Waals surface area (Å²) in [7, 11) is 2.16. The minimum absolute atomic E-state index is 0.119. The van der Waals surface area contributed by atoms with Crippen LogP contribution in [-0.2, 0) is 0 Å². The molecule has 2 heterocycles. The summed E-state index contributed by atoms with van der Waals surface area (Å²) in [6.45, 7) is 8.09. The summed E-state index contributed by atoms with van der Waals surface area (Å²) in [4.78, 5) is 18.3. The van der Waals surface area contributed by atoms with Crippen LogP contribution >= 0.6 is 11.3 Å². The minimum atomic E-state index is 0.119. The lowest BCUT2D eigenvalue weighted by atomic mass is 9.72. The maximum Gasteiger partial charge on any atom is 0.317 e. The van der Waals surface area contributed by atoms with E-state index in [-0.39, 0.29) is 6.03 Å². The highest BCUT2D eigenvalue weighted by atomic mass is 32.1. The zero-order valence-corrected chi connectivity index (χ0v) is 16.1. The van der Waals surface area contributed by atoms with Crippen molar-refractivity contribution in [1.82, 2.24) is 15.1 Å². The van der Waals surface area contributed by atoms with Crippen LogP contribution in [0.4, 0.5) is 4.79 Å². The van der Waals surface area contributed by atoms with Crippen LogP contribution in [0.15, 0.2) is 17.5 Å². The zero-order valence-electron chi connectivity index (χ0n) is 15.3. The Morgan fingerprint density at radius 2 is 2.25 bits per heavy atom. The number of amides is 2. The molecule has 3 rings (SSSR count). The van der Waals surface area contributed by atoms with Gasteiger partial charge in [0.2, 0.25) is 0 Å². The molecule has 1 saturated carbocycles. The quantitative estimate of drug-likeness (QED) is 0.896. The lowest BCUT2D eigenvalue weighted by molar-refractivity contribution is 0.109. The van der Waals surface area contributed by atoms with Crippen LogP contribution in [-0.4, -0.2) is 49.1 Å². The van der Waals surface area contributed by atoms with Gasteiger partial charge in [-0.2, -0.15) is 0 Å². The van der Waals surface area contributed by atoms with E-state index in [1.54, 1.807) is 11.3 Å². The summed E-state index contributed by atoms with van der Waals surface area (Å²) >= 11 is 1.78. The average molecular weight is 350 g/mol. The molecule has 1 aromatic rings. The van der Waals surface area contributed by atoms with Gasteiger partial charge in [0.15, 0.2) is 0 Å². The lowest BCUT2D eigenvalue weighted by Crippen LogP contribution is -2.52. The average Bonchev–Trinajstić information content (AvgIpc) is 3.06. The normalized spacial score (nSPS) is 27.9. The van der Waals surface area contributed by atoms with E-state index in [2.05, 4.69) is 48.6 Å². The van der Waals surface area contributed by atoms with E-state index in [1.807, 2.05) is 4.90 Å². The minimum Gasteiger partial charge on any atom is -0.338 e. The topological polar surface area (TPSA) is 35.6 Å². The lowest BCUT2D eigenvalue weighted by Gasteiger charge is -2.39. The Hall–Kier alpha value is -1.07. The van der Waals surface area contributed by atoms with Gasteiger partial charge in [0.05, 0.1) is 6.04 Å². The molecule has 24 heavy (non-hydrogen) atoms. The fourth-order valence-corrected chi connectivity index (χ4v) is 5.10. The number of urea groups is 1. The monoisotopic (exact) mass is 349 g/mol. The highest BCUT2D eigenvalue weighted by Crippen LogP contribution is 2.38. The second-order valence-corrected chi connectivity index (χ2v) is 9.25. The van der Waals surface area contributed by atoms with Crippen molar-refractivity contribution in [3.05, 3.63) is 22.4 Å². The van der Waals surface area contributed by atoms with Crippen molar-refractivity contribution in [3.63, 3.8) is 0 Å². The number of nitrogens with zero attached hydrogens (tertiary/aromatic N) is 2. The molecule has 2 aliphatic rings. The number of rotatable bonds is 3. The summed E-state index contributed by atoms with van der Waals surface area (Å²) in [6.07, 6.45) is 5.10. The number of nitrogens with one attached hydrogen (secondary N) is 1. The van der Waals surface area contributed by atoms with E-state index in [1.165, 1.54) is 30.6 Å². The third-order valence-corrected chi connectivity index (χ3v) is 6.63. The molecule has 2 atom stereocenters. The number of likely N-dealkylation sites (N-methyl/N-ethyl adjacent to an activating group) is 1. The Kier molecular flexibility index (Phi) is 5.50. The Morgan fingerprint density at radius 1 is 1.42 bits per heavy atom. The van der Waals surface area contributed by atoms with Gasteiger partial charge >= 0.3 is 6.03 Å². The van der Waals surface area contributed by atoms with Gasteiger partial charge in [-0.25, -0.2) is 4.79 Å². The molecule has 0 spiro atoms. The van der Waals surface area contributed by atoms with Crippen LogP contribution in [0.2, 0.25) is 0 Å². The molecular weight excluding hydrogens is 318 g/mol. The number of piperazine rings is 1. The standard InChI is InChI=1S/C19H31N3OS/c1-19(2)8-4-6-15(12-19)13-20-18(23)22-10-9-21(3)16(14-22)17-7-5-11-24-17/h5,7,11,15-16H,4,6,8-10,12-14H2,1-3H3,(H,20,23). The Balaban J connectivity index is 1.51. The van der Waals surface area contributed by atoms with E-state index in [0.717, 1.165) is 26.2 Å². The first-order valence-electron chi connectivity index (χ1n) is 9.21. The van der Waals surface area contributed by atoms with Crippen molar-refractivity contribution in [2.45, 2.75) is 45.6 Å². The molecular formula is C19H31N3OS. The van der Waals surface area contributed by atoms with Gasteiger partial charge in [0, 0.05) is 31.1 Å². The zero-order chi connectivity index (χ0) is 17.2.